The van der Waals surface area contributed by atoms with Crippen molar-refractivity contribution in [2.45, 2.75) is 0 Å². The molecule has 0 saturated carbocycles. The number of aromatic amines is 1. The number of fused-ring (bicyclic) bond motifs is 1. The molecule has 1 heterocycles. The molecule has 1 aromatic heterocycles. The molecule has 0 unspecified atom stereocenters. The van der Waals surface area contributed by atoms with Gasteiger partial charge in [-0.05, 0) is 42.5 Å². The molecule has 0 spiro atoms. The van der Waals surface area contributed by atoms with Crippen LogP contribution in [0.2, 0.25) is 5.02 Å². The smallest absolute Gasteiger partial charge is 0.329 e. The molecule has 33 heavy (non-hydrogen) atoms. The number of benzene rings is 3. The van der Waals surface area contributed by atoms with E-state index < -0.39 is 17.7 Å². The lowest BCUT2D eigenvalue weighted by Gasteiger charge is -2.11. The second kappa shape index (κ2) is 9.80. The van der Waals surface area contributed by atoms with Crippen molar-refractivity contribution in [3.63, 3.8) is 0 Å². The maximum absolute atomic E-state index is 12.7. The predicted molar refractivity (Wildman–Crippen MR) is 129 cm³/mol. The molecule has 4 aromatic rings. The lowest BCUT2D eigenvalue weighted by atomic mass is 10.1. The second-order valence-electron chi connectivity index (χ2n) is 6.95. The lowest BCUT2D eigenvalue weighted by molar-refractivity contribution is -0.136. The van der Waals surface area contributed by atoms with Gasteiger partial charge in [-0.25, -0.2) is 5.43 Å². The van der Waals surface area contributed by atoms with E-state index >= 15 is 0 Å². The molecule has 164 valence electrons. The third kappa shape index (κ3) is 5.25. The van der Waals surface area contributed by atoms with Gasteiger partial charge in [-0.3, -0.25) is 14.4 Å². The number of nitrogens with zero attached hydrogens (tertiary/aromatic N) is 1. The van der Waals surface area contributed by atoms with Crippen LogP contribution in [0.5, 0.6) is 0 Å². The van der Waals surface area contributed by atoms with Crippen LogP contribution in [0.4, 0.5) is 11.4 Å². The number of aromatic nitrogens is 1. The highest BCUT2D eigenvalue weighted by Gasteiger charge is 2.18. The molecule has 0 atom stereocenters. The average Bonchev–Trinajstić information content (AvgIpc) is 3.24. The van der Waals surface area contributed by atoms with E-state index in [-0.39, 0.29) is 11.3 Å². The van der Waals surface area contributed by atoms with Crippen molar-refractivity contribution in [2.24, 2.45) is 5.10 Å². The van der Waals surface area contributed by atoms with E-state index in [1.165, 1.54) is 18.3 Å². The van der Waals surface area contributed by atoms with Gasteiger partial charge in [-0.15, -0.1) is 0 Å². The minimum absolute atomic E-state index is 0.185. The summed E-state index contributed by atoms with van der Waals surface area (Å²) >= 11 is 5.86. The lowest BCUT2D eigenvalue weighted by Crippen LogP contribution is -2.33. The molecule has 0 aliphatic carbocycles. The quantitative estimate of drug-likeness (QED) is 0.204. The Morgan fingerprint density at radius 2 is 1.58 bits per heavy atom. The van der Waals surface area contributed by atoms with Crippen LogP contribution in [0.25, 0.3) is 10.9 Å². The standard InChI is InChI=1S/C24H18ClN5O3/c25-16-9-11-17(12-10-16)28-22(31)19-6-2-4-8-21(19)29-23(32)24(33)30-27-14-15-13-26-20-7-3-1-5-18(15)20/h1-14,26H,(H,28,31)(H,29,32)(H,30,33). The molecule has 9 heteroatoms. The summed E-state index contributed by atoms with van der Waals surface area (Å²) in [6, 6.07) is 20.6. The van der Waals surface area contributed by atoms with Crippen molar-refractivity contribution in [2.75, 3.05) is 10.6 Å². The Kier molecular flexibility index (Phi) is 6.47. The van der Waals surface area contributed by atoms with Crippen LogP contribution < -0.4 is 16.1 Å². The average molecular weight is 460 g/mol. The first-order chi connectivity index (χ1) is 16.0. The number of nitrogens with one attached hydrogen (secondary N) is 4. The first-order valence-electron chi connectivity index (χ1n) is 9.88. The van der Waals surface area contributed by atoms with Gasteiger partial charge in [0.25, 0.3) is 5.91 Å². The van der Waals surface area contributed by atoms with Crippen molar-refractivity contribution < 1.29 is 14.4 Å². The number of hydrogen-bond donors (Lipinski definition) is 4. The van der Waals surface area contributed by atoms with E-state index in [4.69, 9.17) is 11.6 Å². The highest BCUT2D eigenvalue weighted by atomic mass is 35.5. The Hall–Kier alpha value is -4.43. The zero-order valence-electron chi connectivity index (χ0n) is 17.1. The number of para-hydroxylation sites is 2. The van der Waals surface area contributed by atoms with E-state index in [1.807, 2.05) is 24.3 Å². The Morgan fingerprint density at radius 1 is 0.848 bits per heavy atom. The zero-order valence-corrected chi connectivity index (χ0v) is 17.9. The fourth-order valence-electron chi connectivity index (χ4n) is 3.11. The molecule has 0 saturated heterocycles. The minimum atomic E-state index is -0.973. The van der Waals surface area contributed by atoms with Crippen LogP contribution >= 0.6 is 11.6 Å². The van der Waals surface area contributed by atoms with E-state index in [1.54, 1.807) is 42.6 Å². The largest absolute Gasteiger partial charge is 0.361 e. The van der Waals surface area contributed by atoms with Crippen molar-refractivity contribution in [1.29, 1.82) is 0 Å². The van der Waals surface area contributed by atoms with Crippen molar-refractivity contribution in [3.8, 4) is 0 Å². The summed E-state index contributed by atoms with van der Waals surface area (Å²) in [6.07, 6.45) is 3.19. The summed E-state index contributed by atoms with van der Waals surface area (Å²) in [7, 11) is 0. The third-order valence-corrected chi connectivity index (χ3v) is 4.97. The van der Waals surface area contributed by atoms with Crippen LogP contribution in [0.15, 0.2) is 84.1 Å². The van der Waals surface area contributed by atoms with Crippen molar-refractivity contribution in [3.05, 3.63) is 95.1 Å². The molecular formula is C24H18ClN5O3. The normalized spacial score (nSPS) is 10.8. The Bertz CT molecular complexity index is 1360. The van der Waals surface area contributed by atoms with Gasteiger partial charge in [0.05, 0.1) is 17.5 Å². The maximum Gasteiger partial charge on any atom is 0.329 e. The van der Waals surface area contributed by atoms with E-state index in [0.29, 0.717) is 10.7 Å². The highest BCUT2D eigenvalue weighted by Crippen LogP contribution is 2.19. The molecule has 0 bridgehead atoms. The monoisotopic (exact) mass is 459 g/mol. The zero-order chi connectivity index (χ0) is 23.2. The van der Waals surface area contributed by atoms with Crippen LogP contribution in [0, 0.1) is 0 Å². The number of carbonyl (C=O) groups is 3. The van der Waals surface area contributed by atoms with Crippen molar-refractivity contribution in [1.82, 2.24) is 10.4 Å². The fourth-order valence-corrected chi connectivity index (χ4v) is 3.24. The molecule has 4 N–H and O–H groups in total. The number of halogens is 1. The first-order valence-corrected chi connectivity index (χ1v) is 10.3. The second-order valence-corrected chi connectivity index (χ2v) is 7.39. The van der Waals surface area contributed by atoms with Gasteiger partial charge in [0, 0.05) is 33.4 Å². The Morgan fingerprint density at radius 3 is 2.39 bits per heavy atom. The molecule has 0 radical (unpaired) electrons. The number of anilines is 2. The van der Waals surface area contributed by atoms with Crippen LogP contribution in [0.3, 0.4) is 0 Å². The van der Waals surface area contributed by atoms with E-state index in [9.17, 15) is 14.4 Å². The van der Waals surface area contributed by atoms with Crippen LogP contribution in [0.1, 0.15) is 15.9 Å². The van der Waals surface area contributed by atoms with Gasteiger partial charge in [0.2, 0.25) is 0 Å². The van der Waals surface area contributed by atoms with Gasteiger partial charge in [-0.2, -0.15) is 5.10 Å². The molecule has 3 aromatic carbocycles. The van der Waals surface area contributed by atoms with Crippen molar-refractivity contribution >= 4 is 57.8 Å². The minimum Gasteiger partial charge on any atom is -0.361 e. The molecular weight excluding hydrogens is 442 g/mol. The first kappa shape index (κ1) is 21.8. The molecule has 4 rings (SSSR count). The number of rotatable bonds is 5. The topological polar surface area (TPSA) is 115 Å². The summed E-state index contributed by atoms with van der Waals surface area (Å²) in [4.78, 5) is 40.3. The Labute approximate surface area is 193 Å². The van der Waals surface area contributed by atoms with Crippen LogP contribution in [-0.2, 0) is 9.59 Å². The van der Waals surface area contributed by atoms with Gasteiger partial charge in [0.15, 0.2) is 0 Å². The van der Waals surface area contributed by atoms with Crippen LogP contribution in [-0.4, -0.2) is 28.9 Å². The molecule has 0 fully saturated rings. The van der Waals surface area contributed by atoms with Gasteiger partial charge in [0.1, 0.15) is 0 Å². The SMILES string of the molecule is O=C(NN=Cc1c[nH]c2ccccc12)C(=O)Nc1ccccc1C(=O)Nc1ccc(Cl)cc1. The van der Waals surface area contributed by atoms with E-state index in [0.717, 1.165) is 16.5 Å². The van der Waals surface area contributed by atoms with Gasteiger partial charge >= 0.3 is 11.8 Å². The van der Waals surface area contributed by atoms with Gasteiger partial charge in [-0.1, -0.05) is 41.9 Å². The number of hydrazone groups is 1. The Balaban J connectivity index is 1.40. The molecule has 0 aliphatic rings. The third-order valence-electron chi connectivity index (χ3n) is 4.72. The van der Waals surface area contributed by atoms with Gasteiger partial charge < -0.3 is 15.6 Å². The number of amides is 3. The summed E-state index contributed by atoms with van der Waals surface area (Å²) < 4.78 is 0. The molecule has 3 amide bonds. The summed E-state index contributed by atoms with van der Waals surface area (Å²) in [6.45, 7) is 0. The fraction of sp³-hybridized carbons (Fsp3) is 0. The van der Waals surface area contributed by atoms with E-state index in [2.05, 4.69) is 26.1 Å². The number of hydrogen-bond acceptors (Lipinski definition) is 4. The number of carbonyl (C=O) groups excluding carboxylic acids is 3. The molecule has 8 nitrogen and oxygen atoms in total. The summed E-state index contributed by atoms with van der Waals surface area (Å²) in [5.41, 5.74) is 4.79. The summed E-state index contributed by atoms with van der Waals surface area (Å²) in [5, 5.41) is 10.5. The number of H-pyrrole nitrogens is 1. The predicted octanol–water partition coefficient (Wildman–Crippen LogP) is 4.16. The summed E-state index contributed by atoms with van der Waals surface area (Å²) in [5.74, 6) is -2.39. The molecule has 0 aliphatic heterocycles. The maximum atomic E-state index is 12.7. The highest BCUT2D eigenvalue weighted by molar-refractivity contribution is 6.40.